The van der Waals surface area contributed by atoms with Gasteiger partial charge in [-0.3, -0.25) is 0 Å². The van der Waals surface area contributed by atoms with Crippen LogP contribution in [0.5, 0.6) is 5.75 Å². The first-order chi connectivity index (χ1) is 13.8. The van der Waals surface area contributed by atoms with Crippen LogP contribution in [0, 0.1) is 0 Å². The SMILES string of the molecule is C=Cc1c(OCCCC)ccc(-c2ccc(Nc3ccccc3)cc2)c1C=C. The molecule has 0 saturated heterocycles. The third-order valence-electron chi connectivity index (χ3n) is 4.67. The van der Waals surface area contributed by atoms with Gasteiger partial charge in [0.1, 0.15) is 5.75 Å². The fourth-order valence-corrected chi connectivity index (χ4v) is 3.17. The highest BCUT2D eigenvalue weighted by atomic mass is 16.5. The van der Waals surface area contributed by atoms with E-state index in [0.29, 0.717) is 6.61 Å². The number of rotatable bonds is 9. The minimum atomic E-state index is 0.715. The maximum absolute atomic E-state index is 5.96. The number of benzene rings is 3. The van der Waals surface area contributed by atoms with Crippen LogP contribution >= 0.6 is 0 Å². The summed E-state index contributed by atoms with van der Waals surface area (Å²) in [6.45, 7) is 10.9. The molecule has 0 saturated carbocycles. The van der Waals surface area contributed by atoms with Crippen molar-refractivity contribution in [1.82, 2.24) is 0 Å². The lowest BCUT2D eigenvalue weighted by Crippen LogP contribution is -2.00. The third kappa shape index (κ3) is 4.52. The van der Waals surface area contributed by atoms with E-state index in [1.807, 2.05) is 36.4 Å². The van der Waals surface area contributed by atoms with Crippen LogP contribution in [0.1, 0.15) is 30.9 Å². The van der Waals surface area contributed by atoms with Crippen molar-refractivity contribution in [2.45, 2.75) is 19.8 Å². The Balaban J connectivity index is 1.88. The molecule has 2 nitrogen and oxygen atoms in total. The first kappa shape index (κ1) is 19.5. The fourth-order valence-electron chi connectivity index (χ4n) is 3.17. The molecule has 0 amide bonds. The van der Waals surface area contributed by atoms with Crippen molar-refractivity contribution in [3.8, 4) is 16.9 Å². The zero-order chi connectivity index (χ0) is 19.8. The van der Waals surface area contributed by atoms with Gasteiger partial charge in [0, 0.05) is 16.9 Å². The summed E-state index contributed by atoms with van der Waals surface area (Å²) < 4.78 is 5.96. The average molecular weight is 370 g/mol. The Hall–Kier alpha value is -3.26. The zero-order valence-corrected chi connectivity index (χ0v) is 16.4. The normalized spacial score (nSPS) is 10.3. The maximum atomic E-state index is 5.96. The first-order valence-electron chi connectivity index (χ1n) is 9.74. The molecular weight excluding hydrogens is 342 g/mol. The van der Waals surface area contributed by atoms with E-state index in [9.17, 15) is 0 Å². The molecule has 1 N–H and O–H groups in total. The van der Waals surface area contributed by atoms with Gasteiger partial charge in [-0.15, -0.1) is 0 Å². The molecule has 0 aliphatic carbocycles. The second-order valence-corrected chi connectivity index (χ2v) is 6.62. The van der Waals surface area contributed by atoms with Crippen LogP contribution in [0.25, 0.3) is 23.3 Å². The highest BCUT2D eigenvalue weighted by Gasteiger charge is 2.11. The monoisotopic (exact) mass is 369 g/mol. The Morgan fingerprint density at radius 3 is 2.14 bits per heavy atom. The molecule has 0 fully saturated rings. The maximum Gasteiger partial charge on any atom is 0.127 e. The predicted molar refractivity (Wildman–Crippen MR) is 122 cm³/mol. The van der Waals surface area contributed by atoms with Crippen molar-refractivity contribution >= 4 is 23.5 Å². The van der Waals surface area contributed by atoms with Gasteiger partial charge in [0.2, 0.25) is 0 Å². The lowest BCUT2D eigenvalue weighted by atomic mass is 9.94. The van der Waals surface area contributed by atoms with E-state index < -0.39 is 0 Å². The van der Waals surface area contributed by atoms with E-state index >= 15 is 0 Å². The standard InChI is InChI=1S/C26H27NO/c1-4-7-19-28-26-18-17-25(23(5-2)24(26)6-3)20-13-15-22(16-14-20)27-21-11-9-8-10-12-21/h5-6,8-18,27H,2-4,7,19H2,1H3. The summed E-state index contributed by atoms with van der Waals surface area (Å²) in [4.78, 5) is 0. The van der Waals surface area contributed by atoms with Gasteiger partial charge in [0.25, 0.3) is 0 Å². The van der Waals surface area contributed by atoms with Crippen LogP contribution < -0.4 is 10.1 Å². The van der Waals surface area contributed by atoms with Gasteiger partial charge in [-0.1, -0.05) is 75.1 Å². The molecule has 3 aromatic rings. The van der Waals surface area contributed by atoms with Crippen molar-refractivity contribution in [3.05, 3.63) is 91.0 Å². The van der Waals surface area contributed by atoms with E-state index in [4.69, 9.17) is 4.74 Å². The minimum absolute atomic E-state index is 0.715. The van der Waals surface area contributed by atoms with Crippen molar-refractivity contribution < 1.29 is 4.74 Å². The molecule has 0 aliphatic rings. The van der Waals surface area contributed by atoms with Gasteiger partial charge >= 0.3 is 0 Å². The Labute approximate surface area is 168 Å². The molecule has 3 aromatic carbocycles. The molecule has 0 bridgehead atoms. The quantitative estimate of drug-likeness (QED) is 0.393. The Kier molecular flexibility index (Phi) is 6.69. The summed E-state index contributed by atoms with van der Waals surface area (Å²) >= 11 is 0. The van der Waals surface area contributed by atoms with Crippen molar-refractivity contribution in [2.75, 3.05) is 11.9 Å². The summed E-state index contributed by atoms with van der Waals surface area (Å²) in [5.41, 5.74) is 6.43. The van der Waals surface area contributed by atoms with E-state index in [1.54, 1.807) is 0 Å². The highest BCUT2D eigenvalue weighted by molar-refractivity contribution is 5.83. The Morgan fingerprint density at radius 2 is 1.50 bits per heavy atom. The number of hydrogen-bond acceptors (Lipinski definition) is 2. The van der Waals surface area contributed by atoms with Crippen molar-refractivity contribution in [2.24, 2.45) is 0 Å². The van der Waals surface area contributed by atoms with Crippen LogP contribution in [-0.4, -0.2) is 6.61 Å². The fraction of sp³-hybridized carbons (Fsp3) is 0.154. The second-order valence-electron chi connectivity index (χ2n) is 6.62. The third-order valence-corrected chi connectivity index (χ3v) is 4.67. The second kappa shape index (κ2) is 9.61. The lowest BCUT2D eigenvalue weighted by molar-refractivity contribution is 0.309. The van der Waals surface area contributed by atoms with Gasteiger partial charge in [0.05, 0.1) is 6.61 Å². The van der Waals surface area contributed by atoms with Gasteiger partial charge in [-0.25, -0.2) is 0 Å². The number of para-hydroxylation sites is 1. The van der Waals surface area contributed by atoms with E-state index in [0.717, 1.165) is 52.2 Å². The van der Waals surface area contributed by atoms with E-state index in [-0.39, 0.29) is 0 Å². The summed E-state index contributed by atoms with van der Waals surface area (Å²) in [6.07, 6.45) is 5.89. The molecule has 0 aromatic heterocycles. The first-order valence-corrected chi connectivity index (χ1v) is 9.74. The molecule has 0 spiro atoms. The summed E-state index contributed by atoms with van der Waals surface area (Å²) in [5.74, 6) is 0.865. The van der Waals surface area contributed by atoms with Crippen LogP contribution in [0.15, 0.2) is 79.9 Å². The number of hydrogen-bond donors (Lipinski definition) is 1. The van der Waals surface area contributed by atoms with Gasteiger partial charge < -0.3 is 10.1 Å². The van der Waals surface area contributed by atoms with Crippen LogP contribution in [0.4, 0.5) is 11.4 Å². The summed E-state index contributed by atoms with van der Waals surface area (Å²) in [5, 5.41) is 3.42. The van der Waals surface area contributed by atoms with Gasteiger partial charge in [-0.05, 0) is 53.4 Å². The topological polar surface area (TPSA) is 21.3 Å². The van der Waals surface area contributed by atoms with Crippen LogP contribution in [0.3, 0.4) is 0 Å². The molecular formula is C26H27NO. The van der Waals surface area contributed by atoms with Gasteiger partial charge in [-0.2, -0.15) is 0 Å². The number of anilines is 2. The van der Waals surface area contributed by atoms with E-state index in [1.165, 1.54) is 0 Å². The highest BCUT2D eigenvalue weighted by Crippen LogP contribution is 2.34. The molecule has 2 heteroatoms. The number of nitrogens with one attached hydrogen (secondary N) is 1. The predicted octanol–water partition coefficient (Wildman–Crippen LogP) is 7.56. The molecule has 0 unspecified atom stereocenters. The summed E-state index contributed by atoms with van der Waals surface area (Å²) in [7, 11) is 0. The van der Waals surface area contributed by atoms with Crippen molar-refractivity contribution in [3.63, 3.8) is 0 Å². The molecule has 0 aliphatic heterocycles. The molecule has 0 heterocycles. The Morgan fingerprint density at radius 1 is 0.821 bits per heavy atom. The molecule has 3 rings (SSSR count). The molecule has 142 valence electrons. The Bertz CT molecular complexity index is 927. The number of ether oxygens (including phenoxy) is 1. The average Bonchev–Trinajstić information content (AvgIpc) is 2.74. The van der Waals surface area contributed by atoms with Gasteiger partial charge in [0.15, 0.2) is 0 Å². The number of unbranched alkanes of at least 4 members (excludes halogenated alkanes) is 1. The zero-order valence-electron chi connectivity index (χ0n) is 16.4. The summed E-state index contributed by atoms with van der Waals surface area (Å²) in [6, 6.07) is 22.7. The van der Waals surface area contributed by atoms with E-state index in [2.05, 4.69) is 67.9 Å². The smallest absolute Gasteiger partial charge is 0.127 e. The molecule has 0 atom stereocenters. The molecule has 28 heavy (non-hydrogen) atoms. The van der Waals surface area contributed by atoms with Crippen molar-refractivity contribution in [1.29, 1.82) is 0 Å². The van der Waals surface area contributed by atoms with Crippen LogP contribution in [0.2, 0.25) is 0 Å². The van der Waals surface area contributed by atoms with Crippen LogP contribution in [-0.2, 0) is 0 Å². The largest absolute Gasteiger partial charge is 0.493 e. The lowest BCUT2D eigenvalue weighted by Gasteiger charge is -2.16. The molecule has 0 radical (unpaired) electrons. The minimum Gasteiger partial charge on any atom is -0.493 e.